The van der Waals surface area contributed by atoms with Crippen molar-refractivity contribution in [2.75, 3.05) is 37.7 Å². The Kier molecular flexibility index (Phi) is 6.56. The van der Waals surface area contributed by atoms with Gasteiger partial charge in [-0.15, -0.1) is 5.26 Å². The van der Waals surface area contributed by atoms with Crippen molar-refractivity contribution in [1.82, 2.24) is 9.80 Å². The zero-order valence-electron chi connectivity index (χ0n) is 17.4. The average Bonchev–Trinajstić information content (AvgIpc) is 3.30. The van der Waals surface area contributed by atoms with E-state index in [-0.39, 0.29) is 42.3 Å². The molecule has 2 aliphatic rings. The number of ether oxygens (including phenoxy) is 2. The number of amides is 2. The highest BCUT2D eigenvalue weighted by Crippen LogP contribution is 2.36. The van der Waals surface area contributed by atoms with Gasteiger partial charge in [0.25, 0.3) is 0 Å². The van der Waals surface area contributed by atoms with Crippen LogP contribution in [0.2, 0.25) is 0 Å². The summed E-state index contributed by atoms with van der Waals surface area (Å²) in [6.07, 6.45) is 2.83. The smallest absolute Gasteiger partial charge is 0.414 e. The molecule has 1 aromatic carbocycles. The molecule has 2 aliphatic heterocycles. The van der Waals surface area contributed by atoms with Crippen molar-refractivity contribution in [3.63, 3.8) is 0 Å². The first kappa shape index (κ1) is 22.2. The molecule has 0 radical (unpaired) electrons. The van der Waals surface area contributed by atoms with Gasteiger partial charge in [0.1, 0.15) is 19.2 Å². The van der Waals surface area contributed by atoms with Crippen molar-refractivity contribution in [2.45, 2.75) is 26.4 Å². The highest BCUT2D eigenvalue weighted by molar-refractivity contribution is 5.90. The summed E-state index contributed by atoms with van der Waals surface area (Å²) in [7, 11) is 0. The minimum Gasteiger partial charge on any atom is -0.463 e. The molecule has 1 N–H and O–H groups in total. The van der Waals surface area contributed by atoms with Crippen LogP contribution in [0.5, 0.6) is 0 Å². The summed E-state index contributed by atoms with van der Waals surface area (Å²) in [4.78, 5) is 36.2. The minimum atomic E-state index is -0.632. The van der Waals surface area contributed by atoms with E-state index in [0.717, 1.165) is 0 Å². The Morgan fingerprint density at radius 2 is 2.26 bits per heavy atom. The van der Waals surface area contributed by atoms with Crippen molar-refractivity contribution in [3.05, 3.63) is 35.7 Å². The van der Waals surface area contributed by atoms with Crippen LogP contribution in [0.3, 0.4) is 0 Å². The molecule has 2 heterocycles. The average molecular weight is 431 g/mol. The maximum Gasteiger partial charge on any atom is 0.414 e. The van der Waals surface area contributed by atoms with Crippen LogP contribution in [0.15, 0.2) is 29.8 Å². The van der Waals surface area contributed by atoms with Gasteiger partial charge >= 0.3 is 18.3 Å². The largest absolute Gasteiger partial charge is 0.463 e. The quantitative estimate of drug-likeness (QED) is 0.319. The molecular weight excluding hydrogens is 407 g/mol. The van der Waals surface area contributed by atoms with Gasteiger partial charge in [-0.3, -0.25) is 9.69 Å². The van der Waals surface area contributed by atoms with E-state index in [0.29, 0.717) is 24.2 Å². The summed E-state index contributed by atoms with van der Waals surface area (Å²) in [5.74, 6) is -1.35. The van der Waals surface area contributed by atoms with Gasteiger partial charge in [-0.25, -0.2) is 14.0 Å². The number of rotatable bonds is 6. The Morgan fingerprint density at radius 1 is 1.48 bits per heavy atom. The second-order valence-corrected chi connectivity index (χ2v) is 7.44. The summed E-state index contributed by atoms with van der Waals surface area (Å²) in [6, 6.07) is 4.24. The number of nitrogens with zero attached hydrogens (tertiary/aromatic N) is 3. The molecule has 0 saturated carbocycles. The number of benzene rings is 1. The van der Waals surface area contributed by atoms with Crippen molar-refractivity contribution in [3.8, 4) is 6.19 Å². The molecule has 1 unspecified atom stereocenters. The molecule has 2 atom stereocenters. The fraction of sp³-hybridized carbons (Fsp3) is 0.429. The fourth-order valence-electron chi connectivity index (χ4n) is 3.76. The molecule has 0 aromatic heterocycles. The SMILES string of the molecule is CCOC(=O)C=C1CC[N+](C#N)(c2ccc(N3C[C@H](CNC(C)=O)OC3=O)cc2F)C1. The molecule has 2 amide bonds. The number of quaternary nitrogens is 1. The molecule has 10 heteroatoms. The molecule has 9 nitrogen and oxygen atoms in total. The topological polar surface area (TPSA) is 109 Å². The lowest BCUT2D eigenvalue weighted by atomic mass is 10.2. The number of hydrogen-bond donors (Lipinski definition) is 1. The maximum atomic E-state index is 15.1. The number of likely N-dealkylation sites (tertiary alicyclic amines) is 1. The first-order valence-corrected chi connectivity index (χ1v) is 9.95. The Hall–Kier alpha value is -3.45. The van der Waals surface area contributed by atoms with Crippen LogP contribution in [0, 0.1) is 17.3 Å². The number of carbonyl (C=O) groups is 3. The van der Waals surface area contributed by atoms with Gasteiger partial charge in [0.05, 0.1) is 25.4 Å². The van der Waals surface area contributed by atoms with Crippen molar-refractivity contribution >= 4 is 29.3 Å². The summed E-state index contributed by atoms with van der Waals surface area (Å²) >= 11 is 0. The summed E-state index contributed by atoms with van der Waals surface area (Å²) in [5, 5.41) is 12.4. The first-order valence-electron chi connectivity index (χ1n) is 9.95. The van der Waals surface area contributed by atoms with E-state index < -0.39 is 24.0 Å². The lowest BCUT2D eigenvalue weighted by molar-refractivity contribution is -0.137. The first-order chi connectivity index (χ1) is 14.8. The third-order valence-electron chi connectivity index (χ3n) is 5.24. The van der Waals surface area contributed by atoms with Crippen LogP contribution < -0.4 is 14.7 Å². The van der Waals surface area contributed by atoms with Gasteiger partial charge in [-0.2, -0.15) is 4.48 Å². The van der Waals surface area contributed by atoms with E-state index in [1.165, 1.54) is 30.0 Å². The second kappa shape index (κ2) is 9.14. The van der Waals surface area contributed by atoms with E-state index in [9.17, 15) is 19.6 Å². The monoisotopic (exact) mass is 431 g/mol. The fourth-order valence-corrected chi connectivity index (χ4v) is 3.76. The number of nitrogens with one attached hydrogen (secondary N) is 1. The number of carbonyl (C=O) groups excluding carboxylic acids is 3. The normalized spacial score (nSPS) is 24.1. The van der Waals surface area contributed by atoms with Gasteiger partial charge in [0.15, 0.2) is 11.5 Å². The number of nitriles is 1. The van der Waals surface area contributed by atoms with Gasteiger partial charge in [0.2, 0.25) is 5.91 Å². The molecular formula is C21H24FN4O5+. The van der Waals surface area contributed by atoms with Gasteiger partial charge in [0, 0.05) is 31.6 Å². The van der Waals surface area contributed by atoms with Gasteiger partial charge < -0.3 is 14.8 Å². The van der Waals surface area contributed by atoms with Crippen LogP contribution >= 0.6 is 0 Å². The summed E-state index contributed by atoms with van der Waals surface area (Å²) in [5.41, 5.74) is 1.18. The van der Waals surface area contributed by atoms with Crippen LogP contribution in [-0.2, 0) is 19.1 Å². The Bertz CT molecular complexity index is 973. The van der Waals surface area contributed by atoms with Crippen LogP contribution in [0.1, 0.15) is 20.3 Å². The number of esters is 1. The number of halogens is 1. The van der Waals surface area contributed by atoms with Crippen molar-refractivity contribution < 1.29 is 28.2 Å². The zero-order chi connectivity index (χ0) is 22.6. The number of cyclic esters (lactones) is 1. The van der Waals surface area contributed by atoms with Gasteiger partial charge in [-0.05, 0) is 18.6 Å². The predicted octanol–water partition coefficient (Wildman–Crippen LogP) is 1.97. The molecule has 1 aromatic rings. The highest BCUT2D eigenvalue weighted by atomic mass is 19.1. The van der Waals surface area contributed by atoms with Gasteiger partial charge in [-0.1, -0.05) is 0 Å². The molecule has 0 aliphatic carbocycles. The number of anilines is 1. The molecule has 3 rings (SSSR count). The van der Waals surface area contributed by atoms with E-state index in [4.69, 9.17) is 9.47 Å². The zero-order valence-corrected chi connectivity index (χ0v) is 17.4. The molecule has 0 spiro atoms. The maximum absolute atomic E-state index is 15.1. The van der Waals surface area contributed by atoms with Crippen molar-refractivity contribution in [2.24, 2.45) is 0 Å². The molecule has 2 saturated heterocycles. The van der Waals surface area contributed by atoms with Crippen LogP contribution in [0.4, 0.5) is 20.6 Å². The lowest BCUT2D eigenvalue weighted by Gasteiger charge is -2.24. The van der Waals surface area contributed by atoms with E-state index >= 15 is 4.39 Å². The number of hydrogen-bond acceptors (Lipinski definition) is 6. The highest BCUT2D eigenvalue weighted by Gasteiger charge is 2.41. The summed E-state index contributed by atoms with van der Waals surface area (Å²) < 4.78 is 24.9. The molecule has 31 heavy (non-hydrogen) atoms. The van der Waals surface area contributed by atoms with E-state index in [1.807, 2.05) is 0 Å². The summed E-state index contributed by atoms with van der Waals surface area (Å²) in [6.45, 7) is 4.16. The molecule has 2 fully saturated rings. The molecule has 164 valence electrons. The van der Waals surface area contributed by atoms with Crippen molar-refractivity contribution in [1.29, 1.82) is 5.26 Å². The third kappa shape index (κ3) is 4.83. The minimum absolute atomic E-state index is 0.167. The second-order valence-electron chi connectivity index (χ2n) is 7.44. The van der Waals surface area contributed by atoms with E-state index in [2.05, 4.69) is 11.5 Å². The Labute approximate surface area is 179 Å². The third-order valence-corrected chi connectivity index (χ3v) is 5.24. The lowest BCUT2D eigenvalue weighted by Crippen LogP contribution is -2.42. The standard InChI is InChI=1S/C21H23FN4O5/c1-3-30-20(28)8-15-6-7-26(12-15,13-23)19-5-4-16(9-18(19)22)25-11-17(31-21(25)29)10-24-14(2)27/h4-5,8-9,17H,3,6-7,10-12H2,1-2H3/p+1/t17-,26?/m0/s1. The molecule has 0 bridgehead atoms. The van der Waals surface area contributed by atoms with Crippen LogP contribution in [0.25, 0.3) is 0 Å². The van der Waals surface area contributed by atoms with Crippen LogP contribution in [-0.4, -0.2) is 56.9 Å². The predicted molar refractivity (Wildman–Crippen MR) is 109 cm³/mol. The Morgan fingerprint density at radius 3 is 2.90 bits per heavy atom. The Balaban J connectivity index is 1.77. The van der Waals surface area contributed by atoms with E-state index in [1.54, 1.807) is 13.0 Å².